The quantitative estimate of drug-likeness (QED) is 0.812. The van der Waals surface area contributed by atoms with E-state index in [-0.39, 0.29) is 5.60 Å². The number of alkyl carbamates (subject to hydrolysis) is 1. The van der Waals surface area contributed by atoms with E-state index in [1.807, 2.05) is 13.8 Å². The standard InChI is InChI=1S/C16H25NO3/c1-12(2)13-6-8-14(9-7-13)16(3,4)20-11-10-17-15(18)19-5/h6-9,12H,10-11H2,1-5H3,(H,17,18). The van der Waals surface area contributed by atoms with E-state index in [1.54, 1.807) is 0 Å². The van der Waals surface area contributed by atoms with Gasteiger partial charge in [-0.2, -0.15) is 0 Å². The molecule has 0 radical (unpaired) electrons. The van der Waals surface area contributed by atoms with Crippen LogP contribution in [-0.4, -0.2) is 26.4 Å². The number of hydrogen-bond donors (Lipinski definition) is 1. The van der Waals surface area contributed by atoms with E-state index < -0.39 is 6.09 Å². The fourth-order valence-electron chi connectivity index (χ4n) is 1.88. The van der Waals surface area contributed by atoms with Gasteiger partial charge in [-0.15, -0.1) is 0 Å². The van der Waals surface area contributed by atoms with Gasteiger partial charge in [-0.3, -0.25) is 0 Å². The van der Waals surface area contributed by atoms with Crippen molar-refractivity contribution < 1.29 is 14.3 Å². The van der Waals surface area contributed by atoms with E-state index in [4.69, 9.17) is 4.74 Å². The molecule has 1 aromatic carbocycles. The lowest BCUT2D eigenvalue weighted by Gasteiger charge is -2.26. The normalized spacial score (nSPS) is 11.5. The Labute approximate surface area is 121 Å². The van der Waals surface area contributed by atoms with E-state index in [1.165, 1.54) is 12.7 Å². The number of amides is 1. The topological polar surface area (TPSA) is 47.6 Å². The predicted molar refractivity (Wildman–Crippen MR) is 79.9 cm³/mol. The van der Waals surface area contributed by atoms with Crippen LogP contribution in [-0.2, 0) is 15.1 Å². The van der Waals surface area contributed by atoms with Crippen LogP contribution in [0.3, 0.4) is 0 Å². The van der Waals surface area contributed by atoms with Crippen LogP contribution in [0.4, 0.5) is 4.79 Å². The average molecular weight is 279 g/mol. The Kier molecular flexibility index (Phi) is 6.02. The fourth-order valence-corrected chi connectivity index (χ4v) is 1.88. The zero-order valence-corrected chi connectivity index (χ0v) is 13.0. The summed E-state index contributed by atoms with van der Waals surface area (Å²) in [6.07, 6.45) is -0.437. The van der Waals surface area contributed by atoms with Gasteiger partial charge in [0.2, 0.25) is 0 Å². The van der Waals surface area contributed by atoms with Crippen molar-refractivity contribution in [2.75, 3.05) is 20.3 Å². The van der Waals surface area contributed by atoms with Crippen LogP contribution >= 0.6 is 0 Å². The third-order valence-electron chi connectivity index (χ3n) is 3.29. The molecule has 4 nitrogen and oxygen atoms in total. The Morgan fingerprint density at radius 2 is 1.85 bits per heavy atom. The van der Waals surface area contributed by atoms with Crippen molar-refractivity contribution in [2.24, 2.45) is 0 Å². The molecule has 1 rings (SSSR count). The van der Waals surface area contributed by atoms with Gasteiger partial charge in [0.25, 0.3) is 0 Å². The van der Waals surface area contributed by atoms with Crippen molar-refractivity contribution in [3.8, 4) is 0 Å². The third kappa shape index (κ3) is 4.85. The van der Waals surface area contributed by atoms with Gasteiger partial charge in [-0.1, -0.05) is 38.1 Å². The lowest BCUT2D eigenvalue weighted by Crippen LogP contribution is -2.30. The van der Waals surface area contributed by atoms with Gasteiger partial charge < -0.3 is 14.8 Å². The molecule has 1 amide bonds. The molecule has 1 aromatic rings. The lowest BCUT2D eigenvalue weighted by molar-refractivity contribution is -0.0195. The molecular formula is C16H25NO3. The van der Waals surface area contributed by atoms with E-state index >= 15 is 0 Å². The molecule has 0 aliphatic carbocycles. The zero-order chi connectivity index (χ0) is 15.2. The van der Waals surface area contributed by atoms with Gasteiger partial charge in [0, 0.05) is 6.54 Å². The molecule has 0 bridgehead atoms. The number of ether oxygens (including phenoxy) is 2. The minimum atomic E-state index is -0.437. The first kappa shape index (κ1) is 16.5. The lowest BCUT2D eigenvalue weighted by atomic mass is 9.94. The summed E-state index contributed by atoms with van der Waals surface area (Å²) in [5, 5.41) is 2.59. The molecular weight excluding hydrogens is 254 g/mol. The maximum absolute atomic E-state index is 10.9. The monoisotopic (exact) mass is 279 g/mol. The number of rotatable bonds is 6. The number of carbonyl (C=O) groups excluding carboxylic acids is 1. The molecule has 0 aliphatic heterocycles. The van der Waals surface area contributed by atoms with Crippen LogP contribution in [0.2, 0.25) is 0 Å². The van der Waals surface area contributed by atoms with Crippen molar-refractivity contribution in [1.29, 1.82) is 0 Å². The maximum Gasteiger partial charge on any atom is 0.406 e. The molecule has 0 saturated carbocycles. The number of carbonyl (C=O) groups is 1. The summed E-state index contributed by atoms with van der Waals surface area (Å²) in [6.45, 7) is 9.27. The smallest absolute Gasteiger partial charge is 0.406 e. The van der Waals surface area contributed by atoms with Gasteiger partial charge >= 0.3 is 6.09 Å². The molecule has 4 heteroatoms. The van der Waals surface area contributed by atoms with E-state index in [2.05, 4.69) is 48.2 Å². The number of methoxy groups -OCH3 is 1. The highest BCUT2D eigenvalue weighted by Crippen LogP contribution is 2.26. The van der Waals surface area contributed by atoms with Crippen LogP contribution in [0, 0.1) is 0 Å². The Hall–Kier alpha value is -1.55. The average Bonchev–Trinajstić information content (AvgIpc) is 2.43. The fraction of sp³-hybridized carbons (Fsp3) is 0.562. The van der Waals surface area contributed by atoms with E-state index in [9.17, 15) is 4.79 Å². The van der Waals surface area contributed by atoms with Crippen molar-refractivity contribution in [1.82, 2.24) is 5.32 Å². The molecule has 0 saturated heterocycles. The van der Waals surface area contributed by atoms with Crippen LogP contribution in [0.1, 0.15) is 44.7 Å². The van der Waals surface area contributed by atoms with E-state index in [0.717, 1.165) is 5.56 Å². The van der Waals surface area contributed by atoms with Gasteiger partial charge in [0.1, 0.15) is 0 Å². The van der Waals surface area contributed by atoms with Crippen molar-refractivity contribution in [3.05, 3.63) is 35.4 Å². The van der Waals surface area contributed by atoms with E-state index in [0.29, 0.717) is 19.1 Å². The molecule has 112 valence electrons. The highest BCUT2D eigenvalue weighted by molar-refractivity contribution is 5.66. The number of nitrogens with one attached hydrogen (secondary N) is 1. The van der Waals surface area contributed by atoms with Crippen molar-refractivity contribution >= 4 is 6.09 Å². The molecule has 0 fully saturated rings. The van der Waals surface area contributed by atoms with Crippen LogP contribution in [0.25, 0.3) is 0 Å². The van der Waals surface area contributed by atoms with Crippen LogP contribution < -0.4 is 5.32 Å². The molecule has 0 atom stereocenters. The van der Waals surface area contributed by atoms with Gasteiger partial charge in [0.05, 0.1) is 19.3 Å². The van der Waals surface area contributed by atoms with Gasteiger partial charge in [0.15, 0.2) is 0 Å². The summed E-state index contributed by atoms with van der Waals surface area (Å²) >= 11 is 0. The second-order valence-corrected chi connectivity index (χ2v) is 5.55. The van der Waals surface area contributed by atoms with Gasteiger partial charge in [-0.25, -0.2) is 4.79 Å². The molecule has 0 aromatic heterocycles. The first-order valence-corrected chi connectivity index (χ1v) is 6.93. The predicted octanol–water partition coefficient (Wildman–Crippen LogP) is 3.42. The van der Waals surface area contributed by atoms with Crippen LogP contribution in [0.15, 0.2) is 24.3 Å². The minimum Gasteiger partial charge on any atom is -0.453 e. The second-order valence-electron chi connectivity index (χ2n) is 5.55. The molecule has 0 spiro atoms. The molecule has 0 heterocycles. The number of benzene rings is 1. The highest BCUT2D eigenvalue weighted by atomic mass is 16.5. The Morgan fingerprint density at radius 3 is 2.35 bits per heavy atom. The summed E-state index contributed by atoms with van der Waals surface area (Å²) in [7, 11) is 1.34. The minimum absolute atomic E-state index is 0.382. The Morgan fingerprint density at radius 1 is 1.25 bits per heavy atom. The second kappa shape index (κ2) is 7.29. The molecule has 1 N–H and O–H groups in total. The maximum atomic E-state index is 10.9. The molecule has 20 heavy (non-hydrogen) atoms. The Balaban J connectivity index is 2.53. The zero-order valence-electron chi connectivity index (χ0n) is 13.0. The van der Waals surface area contributed by atoms with Crippen molar-refractivity contribution in [2.45, 2.75) is 39.2 Å². The summed E-state index contributed by atoms with van der Waals surface area (Å²) < 4.78 is 10.3. The molecule has 0 unspecified atom stereocenters. The summed E-state index contributed by atoms with van der Waals surface area (Å²) in [6, 6.07) is 8.47. The molecule has 0 aliphatic rings. The first-order valence-electron chi connectivity index (χ1n) is 6.93. The van der Waals surface area contributed by atoms with Gasteiger partial charge in [-0.05, 0) is 30.9 Å². The van der Waals surface area contributed by atoms with Crippen LogP contribution in [0.5, 0.6) is 0 Å². The SMILES string of the molecule is COC(=O)NCCOC(C)(C)c1ccc(C(C)C)cc1. The summed E-state index contributed by atoms with van der Waals surface area (Å²) in [5.41, 5.74) is 2.06. The highest BCUT2D eigenvalue weighted by Gasteiger charge is 2.21. The third-order valence-corrected chi connectivity index (χ3v) is 3.29. The van der Waals surface area contributed by atoms with Crippen molar-refractivity contribution in [3.63, 3.8) is 0 Å². The summed E-state index contributed by atoms with van der Waals surface area (Å²) in [4.78, 5) is 10.9. The number of hydrogen-bond acceptors (Lipinski definition) is 3. The summed E-state index contributed by atoms with van der Waals surface area (Å²) in [5.74, 6) is 0.525. The largest absolute Gasteiger partial charge is 0.453 e. The Bertz CT molecular complexity index is 424. The first-order chi connectivity index (χ1) is 9.36.